The maximum Gasteiger partial charge on any atom is 0.136 e. The van der Waals surface area contributed by atoms with E-state index in [0.717, 1.165) is 22.6 Å². The Morgan fingerprint density at radius 2 is 2.20 bits per heavy atom. The molecule has 0 unspecified atom stereocenters. The lowest BCUT2D eigenvalue weighted by atomic mass is 10.2. The lowest BCUT2D eigenvalue weighted by Gasteiger charge is -2.07. The van der Waals surface area contributed by atoms with Crippen LogP contribution in [0.5, 0.6) is 0 Å². The molecule has 0 bridgehead atoms. The van der Waals surface area contributed by atoms with Gasteiger partial charge in [-0.25, -0.2) is 15.0 Å². The van der Waals surface area contributed by atoms with Crippen LogP contribution in [-0.2, 0) is 0 Å². The van der Waals surface area contributed by atoms with E-state index in [9.17, 15) is 0 Å². The quantitative estimate of drug-likeness (QED) is 0.788. The second-order valence-electron chi connectivity index (χ2n) is 5.19. The van der Waals surface area contributed by atoms with Gasteiger partial charge in [-0.3, -0.25) is 0 Å². The summed E-state index contributed by atoms with van der Waals surface area (Å²) in [7, 11) is 0. The van der Waals surface area contributed by atoms with Gasteiger partial charge >= 0.3 is 0 Å². The van der Waals surface area contributed by atoms with E-state index in [-0.39, 0.29) is 0 Å². The number of hydrogen-bond donors (Lipinski definition) is 1. The second-order valence-corrected chi connectivity index (χ2v) is 6.25. The maximum atomic E-state index is 4.71. The molecule has 5 heteroatoms. The van der Waals surface area contributed by atoms with Crippen LogP contribution >= 0.6 is 11.3 Å². The van der Waals surface area contributed by atoms with Crippen LogP contribution in [0, 0.1) is 6.92 Å². The molecule has 1 aliphatic carbocycles. The average molecular weight is 282 g/mol. The number of benzene rings is 1. The Bertz CT molecular complexity index is 776. The monoisotopic (exact) mass is 282 g/mol. The van der Waals surface area contributed by atoms with Gasteiger partial charge in [-0.05, 0) is 38.0 Å². The number of anilines is 2. The standard InChI is InChI=1S/C15H14N4S/c1-9-7-16-8-17-14(9)18-11-4-5-12-13(6-11)20-15(19-12)10-2-3-10/h4-8,10H,2-3H2,1H3,(H,16,17,18). The van der Waals surface area contributed by atoms with Crippen molar-refractivity contribution in [1.82, 2.24) is 15.0 Å². The number of nitrogens with zero attached hydrogens (tertiary/aromatic N) is 3. The molecular weight excluding hydrogens is 268 g/mol. The molecule has 0 aliphatic heterocycles. The van der Waals surface area contributed by atoms with Crippen LogP contribution in [0.4, 0.5) is 11.5 Å². The van der Waals surface area contributed by atoms with E-state index in [1.54, 1.807) is 6.33 Å². The van der Waals surface area contributed by atoms with E-state index < -0.39 is 0 Å². The molecule has 1 aliphatic rings. The molecule has 4 rings (SSSR count). The van der Waals surface area contributed by atoms with Gasteiger partial charge in [0.05, 0.1) is 15.2 Å². The highest BCUT2D eigenvalue weighted by Crippen LogP contribution is 2.43. The van der Waals surface area contributed by atoms with E-state index >= 15 is 0 Å². The highest BCUT2D eigenvalue weighted by molar-refractivity contribution is 7.18. The summed E-state index contributed by atoms with van der Waals surface area (Å²) in [5.41, 5.74) is 3.18. The van der Waals surface area contributed by atoms with Crippen LogP contribution < -0.4 is 5.32 Å². The molecule has 1 fully saturated rings. The SMILES string of the molecule is Cc1cncnc1Nc1ccc2nc(C3CC3)sc2c1. The van der Waals surface area contributed by atoms with Gasteiger partial charge in [0.15, 0.2) is 0 Å². The van der Waals surface area contributed by atoms with E-state index in [2.05, 4.69) is 33.5 Å². The summed E-state index contributed by atoms with van der Waals surface area (Å²) < 4.78 is 1.24. The van der Waals surface area contributed by atoms with Crippen molar-refractivity contribution in [2.45, 2.75) is 25.7 Å². The highest BCUT2D eigenvalue weighted by Gasteiger charge is 2.26. The first kappa shape index (κ1) is 11.8. The summed E-state index contributed by atoms with van der Waals surface area (Å²) in [4.78, 5) is 13.0. The number of aryl methyl sites for hydroxylation is 1. The Hall–Kier alpha value is -2.01. The molecule has 0 atom stereocenters. The Balaban J connectivity index is 1.68. The smallest absolute Gasteiger partial charge is 0.136 e. The molecule has 2 heterocycles. The Morgan fingerprint density at radius 1 is 1.30 bits per heavy atom. The highest BCUT2D eigenvalue weighted by atomic mass is 32.1. The average Bonchev–Trinajstić information content (AvgIpc) is 3.21. The molecule has 0 spiro atoms. The van der Waals surface area contributed by atoms with E-state index in [1.165, 1.54) is 22.5 Å². The van der Waals surface area contributed by atoms with Crippen molar-refractivity contribution in [2.24, 2.45) is 0 Å². The zero-order chi connectivity index (χ0) is 13.5. The molecule has 100 valence electrons. The first-order valence-corrected chi connectivity index (χ1v) is 7.55. The number of aromatic nitrogens is 3. The van der Waals surface area contributed by atoms with Gasteiger partial charge in [-0.1, -0.05) is 0 Å². The minimum absolute atomic E-state index is 0.716. The molecule has 20 heavy (non-hydrogen) atoms. The van der Waals surface area contributed by atoms with Gasteiger partial charge in [0.2, 0.25) is 0 Å². The second kappa shape index (κ2) is 4.52. The minimum atomic E-state index is 0.716. The molecular formula is C15H14N4S. The zero-order valence-electron chi connectivity index (χ0n) is 11.1. The summed E-state index contributed by atoms with van der Waals surface area (Å²) in [6.45, 7) is 2.00. The third-order valence-corrected chi connectivity index (χ3v) is 4.67. The molecule has 0 radical (unpaired) electrons. The Labute approximate surface area is 120 Å². The predicted octanol–water partition coefficient (Wildman–Crippen LogP) is 4.02. The van der Waals surface area contributed by atoms with E-state index in [0.29, 0.717) is 5.92 Å². The van der Waals surface area contributed by atoms with E-state index in [1.807, 2.05) is 24.5 Å². The van der Waals surface area contributed by atoms with Gasteiger partial charge in [0, 0.05) is 23.4 Å². The van der Waals surface area contributed by atoms with Gasteiger partial charge in [-0.15, -0.1) is 11.3 Å². The van der Waals surface area contributed by atoms with Crippen LogP contribution in [0.15, 0.2) is 30.7 Å². The number of nitrogens with one attached hydrogen (secondary N) is 1. The number of fused-ring (bicyclic) bond motifs is 1. The molecule has 1 N–H and O–H groups in total. The van der Waals surface area contributed by atoms with Crippen molar-refractivity contribution in [3.8, 4) is 0 Å². The number of hydrogen-bond acceptors (Lipinski definition) is 5. The summed E-state index contributed by atoms with van der Waals surface area (Å²) in [6.07, 6.45) is 5.97. The van der Waals surface area contributed by atoms with E-state index in [4.69, 9.17) is 4.98 Å². The largest absolute Gasteiger partial charge is 0.340 e. The van der Waals surface area contributed by atoms with Gasteiger partial charge in [-0.2, -0.15) is 0 Å². The Morgan fingerprint density at radius 3 is 3.00 bits per heavy atom. The fourth-order valence-corrected chi connectivity index (χ4v) is 3.37. The van der Waals surface area contributed by atoms with Crippen molar-refractivity contribution in [2.75, 3.05) is 5.32 Å². The molecule has 1 saturated carbocycles. The lowest BCUT2D eigenvalue weighted by molar-refractivity contribution is 1.10. The van der Waals surface area contributed by atoms with Crippen molar-refractivity contribution in [1.29, 1.82) is 0 Å². The topological polar surface area (TPSA) is 50.7 Å². The van der Waals surface area contributed by atoms with Crippen LogP contribution in [-0.4, -0.2) is 15.0 Å². The summed E-state index contributed by atoms with van der Waals surface area (Å²) in [5.74, 6) is 1.57. The van der Waals surface area contributed by atoms with Gasteiger partial charge in [0.1, 0.15) is 12.1 Å². The van der Waals surface area contributed by atoms with Crippen molar-refractivity contribution >= 4 is 33.1 Å². The molecule has 1 aromatic carbocycles. The van der Waals surface area contributed by atoms with Crippen molar-refractivity contribution < 1.29 is 0 Å². The zero-order valence-corrected chi connectivity index (χ0v) is 11.9. The molecule has 0 amide bonds. The lowest BCUT2D eigenvalue weighted by Crippen LogP contribution is -1.96. The molecule has 4 nitrogen and oxygen atoms in total. The first-order valence-electron chi connectivity index (χ1n) is 6.74. The summed E-state index contributed by atoms with van der Waals surface area (Å²) >= 11 is 1.81. The first-order chi connectivity index (χ1) is 9.79. The fraction of sp³-hybridized carbons (Fsp3) is 0.267. The molecule has 3 aromatic rings. The minimum Gasteiger partial charge on any atom is -0.340 e. The Kier molecular flexibility index (Phi) is 2.67. The van der Waals surface area contributed by atoms with Crippen molar-refractivity contribution in [3.63, 3.8) is 0 Å². The van der Waals surface area contributed by atoms with Crippen molar-refractivity contribution in [3.05, 3.63) is 41.3 Å². The maximum absolute atomic E-state index is 4.71. The van der Waals surface area contributed by atoms with Crippen LogP contribution in [0.2, 0.25) is 0 Å². The normalized spacial score (nSPS) is 14.7. The summed E-state index contributed by atoms with van der Waals surface area (Å²) in [6, 6.07) is 6.29. The summed E-state index contributed by atoms with van der Waals surface area (Å²) in [5, 5.41) is 4.63. The molecule has 0 saturated heterocycles. The van der Waals surface area contributed by atoms with Gasteiger partial charge < -0.3 is 5.32 Å². The van der Waals surface area contributed by atoms with Crippen LogP contribution in [0.3, 0.4) is 0 Å². The van der Waals surface area contributed by atoms with Crippen LogP contribution in [0.1, 0.15) is 29.3 Å². The third-order valence-electron chi connectivity index (χ3n) is 3.49. The number of rotatable bonds is 3. The number of thiazole rings is 1. The van der Waals surface area contributed by atoms with Gasteiger partial charge in [0.25, 0.3) is 0 Å². The third kappa shape index (κ3) is 2.14. The fourth-order valence-electron chi connectivity index (χ4n) is 2.19. The van der Waals surface area contributed by atoms with Crippen LogP contribution in [0.25, 0.3) is 10.2 Å². The molecule has 2 aromatic heterocycles. The predicted molar refractivity (Wildman–Crippen MR) is 81.6 cm³/mol.